The zero-order valence-corrected chi connectivity index (χ0v) is 12.2. The van der Waals surface area contributed by atoms with E-state index < -0.39 is 11.9 Å². The lowest BCUT2D eigenvalue weighted by Gasteiger charge is -2.14. The van der Waals surface area contributed by atoms with Crippen molar-refractivity contribution in [2.45, 2.75) is 5.92 Å². The topological polar surface area (TPSA) is 55.8 Å². The molecule has 1 atom stereocenters. The average molecular weight is 307 g/mol. The van der Waals surface area contributed by atoms with Crippen LogP contribution >= 0.6 is 11.6 Å². The van der Waals surface area contributed by atoms with Gasteiger partial charge in [-0.25, -0.2) is 0 Å². The van der Waals surface area contributed by atoms with E-state index >= 15 is 0 Å². The van der Waals surface area contributed by atoms with Crippen molar-refractivity contribution in [2.75, 3.05) is 13.7 Å². The Balaban J connectivity index is 2.08. The monoisotopic (exact) mass is 306 g/mol. The summed E-state index contributed by atoms with van der Waals surface area (Å²) in [7, 11) is 1.58. The van der Waals surface area contributed by atoms with Gasteiger partial charge in [0.1, 0.15) is 24.0 Å². The van der Waals surface area contributed by atoms with E-state index in [0.717, 1.165) is 0 Å². The third-order valence-corrected chi connectivity index (χ3v) is 3.26. The first-order valence-corrected chi connectivity index (χ1v) is 6.73. The third kappa shape index (κ3) is 4.13. The second-order valence-electron chi connectivity index (χ2n) is 4.43. The third-order valence-electron chi connectivity index (χ3n) is 3.03. The summed E-state index contributed by atoms with van der Waals surface area (Å²) in [5, 5.41) is 9.84. The molecule has 0 heterocycles. The largest absolute Gasteiger partial charge is 0.497 e. The molecule has 0 aliphatic rings. The minimum absolute atomic E-state index is 0.0298. The van der Waals surface area contributed by atoms with Gasteiger partial charge in [-0.2, -0.15) is 0 Å². The molecule has 0 bridgehead atoms. The minimum atomic E-state index is -0.953. The smallest absolute Gasteiger partial charge is 0.314 e. The first-order chi connectivity index (χ1) is 10.1. The van der Waals surface area contributed by atoms with Crippen molar-refractivity contribution in [1.82, 2.24) is 0 Å². The molecule has 0 aromatic heterocycles. The van der Waals surface area contributed by atoms with Crippen molar-refractivity contribution in [3.05, 3.63) is 59.1 Å². The lowest BCUT2D eigenvalue weighted by atomic mass is 10.0. The molecule has 0 radical (unpaired) electrons. The van der Waals surface area contributed by atoms with E-state index in [1.165, 1.54) is 0 Å². The number of ether oxygens (including phenoxy) is 2. The maximum atomic E-state index is 11.4. The van der Waals surface area contributed by atoms with Gasteiger partial charge in [0.2, 0.25) is 0 Å². The summed E-state index contributed by atoms with van der Waals surface area (Å²) in [4.78, 5) is 11.4. The fraction of sp³-hybridized carbons (Fsp3) is 0.188. The van der Waals surface area contributed by atoms with Crippen molar-refractivity contribution in [3.63, 3.8) is 0 Å². The van der Waals surface area contributed by atoms with Gasteiger partial charge in [0.25, 0.3) is 0 Å². The SMILES string of the molecule is COc1ccc(OCC(C(=O)O)c2cccc(Cl)c2)cc1. The molecule has 0 spiro atoms. The van der Waals surface area contributed by atoms with Crippen LogP contribution in [-0.2, 0) is 4.79 Å². The Morgan fingerprint density at radius 1 is 1.19 bits per heavy atom. The summed E-state index contributed by atoms with van der Waals surface area (Å²) >= 11 is 5.90. The van der Waals surface area contributed by atoms with E-state index in [0.29, 0.717) is 22.1 Å². The number of hydrogen-bond acceptors (Lipinski definition) is 3. The van der Waals surface area contributed by atoms with Crippen molar-refractivity contribution in [3.8, 4) is 11.5 Å². The van der Waals surface area contributed by atoms with Crippen molar-refractivity contribution < 1.29 is 19.4 Å². The highest BCUT2D eigenvalue weighted by molar-refractivity contribution is 6.30. The van der Waals surface area contributed by atoms with Gasteiger partial charge in [-0.1, -0.05) is 23.7 Å². The lowest BCUT2D eigenvalue weighted by molar-refractivity contribution is -0.139. The fourth-order valence-electron chi connectivity index (χ4n) is 1.88. The lowest BCUT2D eigenvalue weighted by Crippen LogP contribution is -2.19. The Labute approximate surface area is 127 Å². The predicted molar refractivity (Wildman–Crippen MR) is 80.3 cm³/mol. The van der Waals surface area contributed by atoms with Gasteiger partial charge in [-0.15, -0.1) is 0 Å². The van der Waals surface area contributed by atoms with Gasteiger partial charge in [-0.05, 0) is 42.0 Å². The molecule has 0 aliphatic carbocycles. The Hall–Kier alpha value is -2.20. The Bertz CT molecular complexity index is 610. The highest BCUT2D eigenvalue weighted by Crippen LogP contribution is 2.23. The molecule has 2 aromatic rings. The van der Waals surface area contributed by atoms with Crippen LogP contribution in [0, 0.1) is 0 Å². The highest BCUT2D eigenvalue weighted by atomic mass is 35.5. The number of benzene rings is 2. The quantitative estimate of drug-likeness (QED) is 0.886. The van der Waals surface area contributed by atoms with E-state index in [9.17, 15) is 9.90 Å². The van der Waals surface area contributed by atoms with Crippen LogP contribution in [-0.4, -0.2) is 24.8 Å². The van der Waals surface area contributed by atoms with Crippen LogP contribution in [0.25, 0.3) is 0 Å². The number of methoxy groups -OCH3 is 1. The van der Waals surface area contributed by atoms with Crippen LogP contribution < -0.4 is 9.47 Å². The summed E-state index contributed by atoms with van der Waals surface area (Å²) in [6.07, 6.45) is 0. The predicted octanol–water partition coefficient (Wildman–Crippen LogP) is 3.60. The molecule has 0 fully saturated rings. The zero-order chi connectivity index (χ0) is 15.2. The van der Waals surface area contributed by atoms with E-state index in [2.05, 4.69) is 0 Å². The van der Waals surface area contributed by atoms with Crippen molar-refractivity contribution in [1.29, 1.82) is 0 Å². The second kappa shape index (κ2) is 6.99. The first kappa shape index (κ1) is 15.2. The molecule has 0 saturated carbocycles. The van der Waals surface area contributed by atoms with Gasteiger partial charge in [0.05, 0.1) is 7.11 Å². The minimum Gasteiger partial charge on any atom is -0.497 e. The molecule has 4 nitrogen and oxygen atoms in total. The molecule has 1 N–H and O–H groups in total. The molecule has 110 valence electrons. The number of carboxylic acids is 1. The summed E-state index contributed by atoms with van der Waals surface area (Å²) in [6.45, 7) is 0.0298. The number of carbonyl (C=O) groups is 1. The van der Waals surface area contributed by atoms with Gasteiger partial charge in [0.15, 0.2) is 0 Å². The number of hydrogen-bond donors (Lipinski definition) is 1. The Morgan fingerprint density at radius 2 is 1.86 bits per heavy atom. The van der Waals surface area contributed by atoms with Crippen molar-refractivity contribution in [2.24, 2.45) is 0 Å². The Morgan fingerprint density at radius 3 is 2.43 bits per heavy atom. The van der Waals surface area contributed by atoms with Gasteiger partial charge >= 0.3 is 5.97 Å². The van der Waals surface area contributed by atoms with Crippen LogP contribution in [0.15, 0.2) is 48.5 Å². The molecular weight excluding hydrogens is 292 g/mol. The maximum Gasteiger partial charge on any atom is 0.314 e. The number of carboxylic acid groups (broad SMARTS) is 1. The van der Waals surface area contributed by atoms with Gasteiger partial charge in [0, 0.05) is 5.02 Å². The van der Waals surface area contributed by atoms with Crippen LogP contribution in [0.2, 0.25) is 5.02 Å². The summed E-state index contributed by atoms with van der Waals surface area (Å²) in [5.74, 6) is -0.423. The van der Waals surface area contributed by atoms with Crippen LogP contribution in [0.4, 0.5) is 0 Å². The normalized spacial score (nSPS) is 11.7. The molecule has 0 aliphatic heterocycles. The number of rotatable bonds is 6. The standard InChI is InChI=1S/C16H15ClO4/c1-20-13-5-7-14(8-6-13)21-10-15(16(18)19)11-3-2-4-12(17)9-11/h2-9,15H,10H2,1H3,(H,18,19). The summed E-state index contributed by atoms with van der Waals surface area (Å²) < 4.78 is 10.6. The molecule has 0 amide bonds. The molecule has 5 heteroatoms. The van der Waals surface area contributed by atoms with Gasteiger partial charge < -0.3 is 14.6 Å². The van der Waals surface area contributed by atoms with E-state index in [1.54, 1.807) is 55.6 Å². The van der Waals surface area contributed by atoms with Crippen molar-refractivity contribution >= 4 is 17.6 Å². The molecule has 21 heavy (non-hydrogen) atoms. The summed E-state index contributed by atoms with van der Waals surface area (Å²) in [5.41, 5.74) is 0.614. The molecule has 0 saturated heterocycles. The number of halogens is 1. The fourth-order valence-corrected chi connectivity index (χ4v) is 2.08. The highest BCUT2D eigenvalue weighted by Gasteiger charge is 2.21. The average Bonchev–Trinajstić information content (AvgIpc) is 2.48. The first-order valence-electron chi connectivity index (χ1n) is 6.35. The van der Waals surface area contributed by atoms with Crippen LogP contribution in [0.1, 0.15) is 11.5 Å². The van der Waals surface area contributed by atoms with Gasteiger partial charge in [-0.3, -0.25) is 4.79 Å². The molecule has 2 rings (SSSR count). The van der Waals surface area contributed by atoms with E-state index in [1.807, 2.05) is 0 Å². The van der Waals surface area contributed by atoms with Crippen LogP contribution in [0.3, 0.4) is 0 Å². The van der Waals surface area contributed by atoms with E-state index in [4.69, 9.17) is 21.1 Å². The second-order valence-corrected chi connectivity index (χ2v) is 4.87. The zero-order valence-electron chi connectivity index (χ0n) is 11.5. The van der Waals surface area contributed by atoms with Crippen LogP contribution in [0.5, 0.6) is 11.5 Å². The summed E-state index contributed by atoms with van der Waals surface area (Å²) in [6, 6.07) is 13.8. The molecular formula is C16H15ClO4. The Kier molecular flexibility index (Phi) is 5.06. The molecule has 1 unspecified atom stereocenters. The number of aliphatic carboxylic acids is 1. The maximum absolute atomic E-state index is 11.4. The molecule has 2 aromatic carbocycles. The van der Waals surface area contributed by atoms with E-state index in [-0.39, 0.29) is 6.61 Å².